The molecule has 2 aliphatic carbocycles. The molecule has 2 aliphatic rings. The fourth-order valence-electron chi connectivity index (χ4n) is 3.36. The highest BCUT2D eigenvalue weighted by atomic mass is 16.3. The standard InChI is InChI=1S/C13H22O/c1-3-9(2)6-13(14)12-8-10-4-5-11(12)7-10/h10-14H,2-8H2,1H3. The van der Waals surface area contributed by atoms with E-state index in [1.807, 2.05) is 0 Å². The highest BCUT2D eigenvalue weighted by Crippen LogP contribution is 2.50. The molecular formula is C13H22O. The van der Waals surface area contributed by atoms with Gasteiger partial charge < -0.3 is 5.11 Å². The Morgan fingerprint density at radius 1 is 1.43 bits per heavy atom. The third-order valence-electron chi connectivity index (χ3n) is 4.28. The normalized spacial score (nSPS) is 37.4. The van der Waals surface area contributed by atoms with Crippen LogP contribution in [0.3, 0.4) is 0 Å². The summed E-state index contributed by atoms with van der Waals surface area (Å²) < 4.78 is 0. The van der Waals surface area contributed by atoms with Crippen LogP contribution < -0.4 is 0 Å². The van der Waals surface area contributed by atoms with Crippen molar-refractivity contribution in [3.8, 4) is 0 Å². The molecule has 14 heavy (non-hydrogen) atoms. The van der Waals surface area contributed by atoms with Crippen LogP contribution in [0.15, 0.2) is 12.2 Å². The van der Waals surface area contributed by atoms with Gasteiger partial charge in [-0.25, -0.2) is 0 Å². The zero-order valence-corrected chi connectivity index (χ0v) is 9.21. The van der Waals surface area contributed by atoms with Gasteiger partial charge in [-0.05, 0) is 49.9 Å². The molecule has 0 aliphatic heterocycles. The number of hydrogen-bond donors (Lipinski definition) is 1. The molecular weight excluding hydrogens is 172 g/mol. The van der Waals surface area contributed by atoms with E-state index in [2.05, 4.69) is 13.5 Å². The van der Waals surface area contributed by atoms with E-state index in [1.165, 1.54) is 31.3 Å². The van der Waals surface area contributed by atoms with Crippen molar-refractivity contribution in [2.24, 2.45) is 17.8 Å². The highest BCUT2D eigenvalue weighted by Gasteiger charge is 2.42. The van der Waals surface area contributed by atoms with Gasteiger partial charge in [-0.15, -0.1) is 0 Å². The topological polar surface area (TPSA) is 20.2 Å². The van der Waals surface area contributed by atoms with Gasteiger partial charge in [-0.3, -0.25) is 0 Å². The summed E-state index contributed by atoms with van der Waals surface area (Å²) in [7, 11) is 0. The molecule has 1 heteroatoms. The van der Waals surface area contributed by atoms with Crippen LogP contribution in [0.25, 0.3) is 0 Å². The smallest absolute Gasteiger partial charge is 0.0608 e. The van der Waals surface area contributed by atoms with E-state index in [1.54, 1.807) is 0 Å². The lowest BCUT2D eigenvalue weighted by atomic mass is 9.82. The Labute approximate surface area is 87.2 Å². The molecule has 2 rings (SSSR count). The van der Waals surface area contributed by atoms with Crippen LogP contribution in [0.5, 0.6) is 0 Å². The van der Waals surface area contributed by atoms with E-state index in [4.69, 9.17) is 0 Å². The summed E-state index contributed by atoms with van der Waals surface area (Å²) in [5, 5.41) is 10.1. The quantitative estimate of drug-likeness (QED) is 0.682. The van der Waals surface area contributed by atoms with Crippen LogP contribution in [-0.2, 0) is 0 Å². The summed E-state index contributed by atoms with van der Waals surface area (Å²) in [4.78, 5) is 0. The fourth-order valence-corrected chi connectivity index (χ4v) is 3.36. The molecule has 0 heterocycles. The Kier molecular flexibility index (Phi) is 2.96. The van der Waals surface area contributed by atoms with Gasteiger partial charge in [-0.1, -0.05) is 25.5 Å². The summed E-state index contributed by atoms with van der Waals surface area (Å²) in [5.41, 5.74) is 1.21. The van der Waals surface area contributed by atoms with Gasteiger partial charge in [0.2, 0.25) is 0 Å². The maximum Gasteiger partial charge on any atom is 0.0608 e. The summed E-state index contributed by atoms with van der Waals surface area (Å²) in [6.07, 6.45) is 7.21. The number of rotatable bonds is 4. The van der Waals surface area contributed by atoms with E-state index in [9.17, 15) is 5.11 Å². The molecule has 2 fully saturated rings. The first-order chi connectivity index (χ1) is 6.70. The maximum absolute atomic E-state index is 10.1. The van der Waals surface area contributed by atoms with E-state index in [0.717, 1.165) is 24.7 Å². The summed E-state index contributed by atoms with van der Waals surface area (Å²) >= 11 is 0. The van der Waals surface area contributed by atoms with Crippen LogP contribution in [-0.4, -0.2) is 11.2 Å². The average molecular weight is 194 g/mol. The Hall–Kier alpha value is -0.300. The lowest BCUT2D eigenvalue weighted by molar-refractivity contribution is 0.0746. The van der Waals surface area contributed by atoms with Crippen molar-refractivity contribution in [3.05, 3.63) is 12.2 Å². The Balaban J connectivity index is 1.86. The fraction of sp³-hybridized carbons (Fsp3) is 0.846. The van der Waals surface area contributed by atoms with Crippen molar-refractivity contribution in [1.82, 2.24) is 0 Å². The van der Waals surface area contributed by atoms with Crippen molar-refractivity contribution < 1.29 is 5.11 Å². The molecule has 2 saturated carbocycles. The van der Waals surface area contributed by atoms with Gasteiger partial charge >= 0.3 is 0 Å². The molecule has 0 aromatic heterocycles. The average Bonchev–Trinajstić information content (AvgIpc) is 2.78. The van der Waals surface area contributed by atoms with E-state index in [0.29, 0.717) is 5.92 Å². The van der Waals surface area contributed by atoms with Gasteiger partial charge in [0.15, 0.2) is 0 Å². The largest absolute Gasteiger partial charge is 0.392 e. The zero-order chi connectivity index (χ0) is 10.1. The first-order valence-corrected chi connectivity index (χ1v) is 6.05. The maximum atomic E-state index is 10.1. The molecule has 4 unspecified atom stereocenters. The molecule has 1 nitrogen and oxygen atoms in total. The molecule has 0 aromatic rings. The second kappa shape index (κ2) is 4.06. The first kappa shape index (κ1) is 10.2. The van der Waals surface area contributed by atoms with Gasteiger partial charge in [0.25, 0.3) is 0 Å². The number of aliphatic hydroxyl groups is 1. The minimum Gasteiger partial charge on any atom is -0.392 e. The van der Waals surface area contributed by atoms with Gasteiger partial charge in [0.05, 0.1) is 6.10 Å². The van der Waals surface area contributed by atoms with Crippen molar-refractivity contribution in [1.29, 1.82) is 0 Å². The molecule has 0 spiro atoms. The highest BCUT2D eigenvalue weighted by molar-refractivity contribution is 5.00. The summed E-state index contributed by atoms with van der Waals surface area (Å²) in [6, 6.07) is 0. The number of fused-ring (bicyclic) bond motifs is 2. The van der Waals surface area contributed by atoms with Gasteiger partial charge in [0, 0.05) is 0 Å². The third-order valence-corrected chi connectivity index (χ3v) is 4.28. The predicted molar refractivity (Wildman–Crippen MR) is 59.0 cm³/mol. The van der Waals surface area contributed by atoms with Crippen molar-refractivity contribution in [2.45, 2.75) is 51.6 Å². The summed E-state index contributed by atoms with van der Waals surface area (Å²) in [6.45, 7) is 6.11. The number of hydrogen-bond acceptors (Lipinski definition) is 1. The minimum absolute atomic E-state index is 0.0993. The Morgan fingerprint density at radius 3 is 2.71 bits per heavy atom. The summed E-state index contributed by atoms with van der Waals surface area (Å²) in [5.74, 6) is 2.37. The molecule has 0 radical (unpaired) electrons. The Bertz CT molecular complexity index is 221. The van der Waals surface area contributed by atoms with Crippen molar-refractivity contribution in [3.63, 3.8) is 0 Å². The van der Waals surface area contributed by atoms with Crippen LogP contribution in [0, 0.1) is 17.8 Å². The predicted octanol–water partition coefficient (Wildman–Crippen LogP) is 3.14. The second-order valence-electron chi connectivity index (χ2n) is 5.21. The Morgan fingerprint density at radius 2 is 2.21 bits per heavy atom. The van der Waals surface area contributed by atoms with Gasteiger partial charge in [-0.2, -0.15) is 0 Å². The molecule has 4 atom stereocenters. The lowest BCUT2D eigenvalue weighted by Gasteiger charge is -2.27. The monoisotopic (exact) mass is 194 g/mol. The zero-order valence-electron chi connectivity index (χ0n) is 9.21. The van der Waals surface area contributed by atoms with Crippen molar-refractivity contribution >= 4 is 0 Å². The van der Waals surface area contributed by atoms with E-state index in [-0.39, 0.29) is 6.10 Å². The molecule has 0 saturated heterocycles. The second-order valence-corrected chi connectivity index (χ2v) is 5.21. The van der Waals surface area contributed by atoms with E-state index < -0.39 is 0 Å². The first-order valence-electron chi connectivity index (χ1n) is 6.05. The molecule has 0 amide bonds. The minimum atomic E-state index is -0.0993. The third kappa shape index (κ3) is 1.88. The molecule has 1 N–H and O–H groups in total. The lowest BCUT2D eigenvalue weighted by Crippen LogP contribution is -2.25. The van der Waals surface area contributed by atoms with Gasteiger partial charge in [0.1, 0.15) is 0 Å². The van der Waals surface area contributed by atoms with E-state index >= 15 is 0 Å². The molecule has 0 aromatic carbocycles. The van der Waals surface area contributed by atoms with Crippen LogP contribution in [0.2, 0.25) is 0 Å². The van der Waals surface area contributed by atoms with Crippen LogP contribution >= 0.6 is 0 Å². The molecule has 80 valence electrons. The number of aliphatic hydroxyl groups excluding tert-OH is 1. The van der Waals surface area contributed by atoms with Crippen LogP contribution in [0.4, 0.5) is 0 Å². The SMILES string of the molecule is C=C(CC)CC(O)C1CC2CCC1C2. The molecule has 2 bridgehead atoms. The van der Waals surface area contributed by atoms with Crippen molar-refractivity contribution in [2.75, 3.05) is 0 Å². The van der Waals surface area contributed by atoms with Crippen LogP contribution in [0.1, 0.15) is 45.4 Å².